The molecule has 0 bridgehead atoms. The van der Waals surface area contributed by atoms with Crippen LogP contribution in [0.1, 0.15) is 38.5 Å². The van der Waals surface area contributed by atoms with Gasteiger partial charge in [-0.2, -0.15) is 0 Å². The third-order valence-electron chi connectivity index (χ3n) is 3.88. The maximum absolute atomic E-state index is 12.9. The molecule has 1 aliphatic carbocycles. The Morgan fingerprint density at radius 3 is 2.74 bits per heavy atom. The second-order valence-electron chi connectivity index (χ2n) is 5.20. The Balaban J connectivity index is 1.78. The molecule has 0 atom stereocenters. The molecule has 2 rings (SSSR count). The van der Waals surface area contributed by atoms with Gasteiger partial charge in [0.2, 0.25) is 0 Å². The molecule has 0 heterocycles. The lowest BCUT2D eigenvalue weighted by Gasteiger charge is -2.23. The number of hydrogen-bond acceptors (Lipinski definition) is 2. The largest absolute Gasteiger partial charge is 0.493 e. The van der Waals surface area contributed by atoms with Crippen LogP contribution in [0.3, 0.4) is 0 Å². The molecular formula is C15H19FO3. The van der Waals surface area contributed by atoms with Crippen LogP contribution in [0.4, 0.5) is 4.39 Å². The van der Waals surface area contributed by atoms with Gasteiger partial charge in [0.05, 0.1) is 12.0 Å². The average Bonchev–Trinajstić information content (AvgIpc) is 2.85. The molecule has 0 amide bonds. The van der Waals surface area contributed by atoms with Crippen LogP contribution in [0, 0.1) is 11.2 Å². The van der Waals surface area contributed by atoms with Gasteiger partial charge in [-0.1, -0.05) is 18.9 Å². The van der Waals surface area contributed by atoms with Crippen molar-refractivity contribution >= 4 is 5.97 Å². The molecule has 1 saturated carbocycles. The van der Waals surface area contributed by atoms with E-state index in [0.717, 1.165) is 25.7 Å². The summed E-state index contributed by atoms with van der Waals surface area (Å²) in [5.74, 6) is -0.512. The predicted molar refractivity (Wildman–Crippen MR) is 69.7 cm³/mol. The Hall–Kier alpha value is -1.58. The number of carbonyl (C=O) groups is 1. The highest BCUT2D eigenvalue weighted by Gasteiger charge is 2.40. The van der Waals surface area contributed by atoms with Crippen molar-refractivity contribution in [2.24, 2.45) is 5.41 Å². The maximum atomic E-state index is 12.9. The van der Waals surface area contributed by atoms with E-state index in [1.807, 2.05) is 0 Å². The van der Waals surface area contributed by atoms with Crippen molar-refractivity contribution in [2.45, 2.75) is 38.5 Å². The normalized spacial score (nSPS) is 17.3. The van der Waals surface area contributed by atoms with Gasteiger partial charge in [0.15, 0.2) is 0 Å². The minimum atomic E-state index is -0.684. The second kappa shape index (κ2) is 6.04. The highest BCUT2D eigenvalue weighted by Crippen LogP contribution is 2.42. The van der Waals surface area contributed by atoms with Gasteiger partial charge in [0.25, 0.3) is 0 Å². The molecule has 1 N–H and O–H groups in total. The summed E-state index contributed by atoms with van der Waals surface area (Å²) in [5.41, 5.74) is -0.550. The molecule has 1 fully saturated rings. The molecular weight excluding hydrogens is 247 g/mol. The van der Waals surface area contributed by atoms with E-state index in [1.165, 1.54) is 12.1 Å². The van der Waals surface area contributed by atoms with Crippen LogP contribution in [0.5, 0.6) is 5.75 Å². The van der Waals surface area contributed by atoms with Gasteiger partial charge in [0, 0.05) is 6.07 Å². The fourth-order valence-electron chi connectivity index (χ4n) is 2.78. The summed E-state index contributed by atoms with van der Waals surface area (Å²) in [6.07, 6.45) is 4.85. The monoisotopic (exact) mass is 266 g/mol. The van der Waals surface area contributed by atoms with E-state index < -0.39 is 11.4 Å². The fourth-order valence-corrected chi connectivity index (χ4v) is 2.78. The van der Waals surface area contributed by atoms with Crippen molar-refractivity contribution in [3.63, 3.8) is 0 Å². The van der Waals surface area contributed by atoms with E-state index in [2.05, 4.69) is 0 Å². The lowest BCUT2D eigenvalue weighted by atomic mass is 9.82. The van der Waals surface area contributed by atoms with Crippen LogP contribution >= 0.6 is 0 Å². The van der Waals surface area contributed by atoms with Crippen LogP contribution < -0.4 is 4.74 Å². The average molecular weight is 266 g/mol. The molecule has 1 aliphatic rings. The summed E-state index contributed by atoms with van der Waals surface area (Å²) < 4.78 is 18.4. The first-order valence-electron chi connectivity index (χ1n) is 6.74. The number of hydrogen-bond donors (Lipinski definition) is 1. The molecule has 0 aromatic heterocycles. The van der Waals surface area contributed by atoms with Crippen LogP contribution in [-0.4, -0.2) is 17.7 Å². The van der Waals surface area contributed by atoms with Gasteiger partial charge in [-0.3, -0.25) is 4.79 Å². The van der Waals surface area contributed by atoms with E-state index >= 15 is 0 Å². The first kappa shape index (κ1) is 13.8. The maximum Gasteiger partial charge on any atom is 0.309 e. The smallest absolute Gasteiger partial charge is 0.309 e. The SMILES string of the molecule is O=C(O)C1(CCCOc2cccc(F)c2)CCCC1. The number of halogens is 1. The Morgan fingerprint density at radius 1 is 1.37 bits per heavy atom. The molecule has 0 saturated heterocycles. The van der Waals surface area contributed by atoms with Crippen molar-refractivity contribution in [2.75, 3.05) is 6.61 Å². The molecule has 0 radical (unpaired) electrons. The van der Waals surface area contributed by atoms with Crippen molar-refractivity contribution < 1.29 is 19.0 Å². The second-order valence-corrected chi connectivity index (χ2v) is 5.20. The fraction of sp³-hybridized carbons (Fsp3) is 0.533. The first-order chi connectivity index (χ1) is 9.12. The summed E-state index contributed by atoms with van der Waals surface area (Å²) in [6, 6.07) is 6.00. The van der Waals surface area contributed by atoms with E-state index in [-0.39, 0.29) is 5.82 Å². The molecule has 0 unspecified atom stereocenters. The third-order valence-corrected chi connectivity index (χ3v) is 3.88. The van der Waals surface area contributed by atoms with E-state index in [0.29, 0.717) is 25.2 Å². The van der Waals surface area contributed by atoms with Crippen LogP contribution in [0.15, 0.2) is 24.3 Å². The van der Waals surface area contributed by atoms with Gasteiger partial charge in [-0.25, -0.2) is 4.39 Å². The molecule has 4 heteroatoms. The number of aliphatic carboxylic acids is 1. The number of carboxylic acid groups (broad SMARTS) is 1. The topological polar surface area (TPSA) is 46.5 Å². The molecule has 1 aromatic rings. The number of ether oxygens (including phenoxy) is 1. The Labute approximate surface area is 112 Å². The Kier molecular flexibility index (Phi) is 4.40. The van der Waals surface area contributed by atoms with Crippen LogP contribution in [0.25, 0.3) is 0 Å². The minimum Gasteiger partial charge on any atom is -0.493 e. The number of benzene rings is 1. The lowest BCUT2D eigenvalue weighted by Crippen LogP contribution is -2.28. The summed E-state index contributed by atoms with van der Waals surface area (Å²) >= 11 is 0. The molecule has 0 spiro atoms. The summed E-state index contributed by atoms with van der Waals surface area (Å²) in [4.78, 5) is 11.3. The van der Waals surface area contributed by atoms with Crippen molar-refractivity contribution in [1.82, 2.24) is 0 Å². The van der Waals surface area contributed by atoms with Crippen molar-refractivity contribution in [3.05, 3.63) is 30.1 Å². The van der Waals surface area contributed by atoms with E-state index in [1.54, 1.807) is 12.1 Å². The highest BCUT2D eigenvalue weighted by atomic mass is 19.1. The molecule has 1 aromatic carbocycles. The summed E-state index contributed by atoms with van der Waals surface area (Å²) in [5, 5.41) is 9.33. The zero-order valence-corrected chi connectivity index (χ0v) is 10.9. The third kappa shape index (κ3) is 3.46. The molecule has 0 aliphatic heterocycles. The van der Waals surface area contributed by atoms with Gasteiger partial charge >= 0.3 is 5.97 Å². The molecule has 19 heavy (non-hydrogen) atoms. The Morgan fingerprint density at radius 2 is 2.11 bits per heavy atom. The predicted octanol–water partition coefficient (Wildman–Crippen LogP) is 3.63. The number of rotatable bonds is 6. The summed E-state index contributed by atoms with van der Waals surface area (Å²) in [6.45, 7) is 0.429. The molecule has 104 valence electrons. The van der Waals surface area contributed by atoms with E-state index in [9.17, 15) is 14.3 Å². The first-order valence-corrected chi connectivity index (χ1v) is 6.74. The van der Waals surface area contributed by atoms with Crippen LogP contribution in [0.2, 0.25) is 0 Å². The van der Waals surface area contributed by atoms with Gasteiger partial charge < -0.3 is 9.84 Å². The standard InChI is InChI=1S/C15H19FO3/c16-12-5-3-6-13(11-12)19-10-4-9-15(14(17)18)7-1-2-8-15/h3,5-6,11H,1-2,4,7-10H2,(H,17,18). The Bertz CT molecular complexity index is 439. The van der Waals surface area contributed by atoms with Crippen LogP contribution in [-0.2, 0) is 4.79 Å². The lowest BCUT2D eigenvalue weighted by molar-refractivity contribution is -0.149. The quantitative estimate of drug-likeness (QED) is 0.800. The number of carboxylic acids is 1. The zero-order chi connectivity index (χ0) is 13.7. The van der Waals surface area contributed by atoms with Crippen molar-refractivity contribution in [3.8, 4) is 5.75 Å². The summed E-state index contributed by atoms with van der Waals surface area (Å²) in [7, 11) is 0. The van der Waals surface area contributed by atoms with Gasteiger partial charge in [-0.15, -0.1) is 0 Å². The van der Waals surface area contributed by atoms with Gasteiger partial charge in [-0.05, 0) is 37.8 Å². The van der Waals surface area contributed by atoms with E-state index in [4.69, 9.17) is 4.74 Å². The van der Waals surface area contributed by atoms with Crippen molar-refractivity contribution in [1.29, 1.82) is 0 Å². The van der Waals surface area contributed by atoms with Gasteiger partial charge in [0.1, 0.15) is 11.6 Å². The highest BCUT2D eigenvalue weighted by molar-refractivity contribution is 5.74. The molecule has 3 nitrogen and oxygen atoms in total. The minimum absolute atomic E-state index is 0.324. The zero-order valence-electron chi connectivity index (χ0n) is 10.9.